The highest BCUT2D eigenvalue weighted by atomic mass is 16.1. The molecule has 1 saturated heterocycles. The summed E-state index contributed by atoms with van der Waals surface area (Å²) in [7, 11) is 0. The van der Waals surface area contributed by atoms with Crippen molar-refractivity contribution in [3.63, 3.8) is 0 Å². The molecule has 1 amide bonds. The highest BCUT2D eigenvalue weighted by Gasteiger charge is 2.15. The largest absolute Gasteiger partial charge is 0.370 e. The minimum atomic E-state index is -0.246. The monoisotopic (exact) mass is 316 g/mol. The van der Waals surface area contributed by atoms with E-state index in [-0.39, 0.29) is 11.4 Å². The summed E-state index contributed by atoms with van der Waals surface area (Å²) >= 11 is 0. The van der Waals surface area contributed by atoms with Crippen molar-refractivity contribution >= 4 is 11.9 Å². The molecule has 1 aromatic rings. The van der Waals surface area contributed by atoms with Gasteiger partial charge in [0.25, 0.3) is 5.91 Å². The molecule has 1 fully saturated rings. The first-order valence-electron chi connectivity index (χ1n) is 8.31. The third kappa shape index (κ3) is 5.58. The minimum Gasteiger partial charge on any atom is -0.370 e. The van der Waals surface area contributed by atoms with Gasteiger partial charge in [0, 0.05) is 24.2 Å². The minimum absolute atomic E-state index is 0.0627. The number of rotatable bonds is 3. The first kappa shape index (κ1) is 17.3. The summed E-state index contributed by atoms with van der Waals surface area (Å²) < 4.78 is 0. The summed E-state index contributed by atoms with van der Waals surface area (Å²) in [4.78, 5) is 18.8. The molecule has 126 valence electrons. The van der Waals surface area contributed by atoms with E-state index in [0.29, 0.717) is 18.1 Å². The molecule has 0 bridgehead atoms. The Morgan fingerprint density at radius 2 is 1.96 bits per heavy atom. The molecule has 1 heterocycles. The van der Waals surface area contributed by atoms with Crippen LogP contribution in [0.2, 0.25) is 0 Å². The van der Waals surface area contributed by atoms with Crippen LogP contribution >= 0.6 is 0 Å². The Hall–Kier alpha value is -2.04. The number of carbonyl (C=O) groups is 1. The summed E-state index contributed by atoms with van der Waals surface area (Å²) in [6.45, 7) is 8.39. The zero-order valence-corrected chi connectivity index (χ0v) is 14.4. The van der Waals surface area contributed by atoms with E-state index >= 15 is 0 Å². The van der Waals surface area contributed by atoms with Gasteiger partial charge in [-0.3, -0.25) is 4.79 Å². The number of amides is 1. The topological polar surface area (TPSA) is 70.7 Å². The van der Waals surface area contributed by atoms with Gasteiger partial charge in [0.1, 0.15) is 0 Å². The molecule has 0 saturated carbocycles. The highest BCUT2D eigenvalue weighted by Crippen LogP contribution is 2.11. The molecule has 0 aliphatic carbocycles. The maximum Gasteiger partial charge on any atom is 0.251 e. The number of carbonyl (C=O) groups excluding carboxylic acids is 1. The number of nitrogens with one attached hydrogen (secondary N) is 1. The van der Waals surface area contributed by atoms with Crippen molar-refractivity contribution in [3.8, 4) is 0 Å². The van der Waals surface area contributed by atoms with E-state index in [1.54, 1.807) is 0 Å². The Balaban J connectivity index is 2.00. The van der Waals surface area contributed by atoms with Crippen LogP contribution in [0.4, 0.5) is 0 Å². The van der Waals surface area contributed by atoms with Gasteiger partial charge in [0.2, 0.25) is 0 Å². The molecule has 0 atom stereocenters. The zero-order chi connectivity index (χ0) is 16.9. The maximum atomic E-state index is 12.2. The third-order valence-electron chi connectivity index (χ3n) is 3.78. The summed E-state index contributed by atoms with van der Waals surface area (Å²) in [6.07, 6.45) is 3.63. The second-order valence-electron chi connectivity index (χ2n) is 7.13. The molecular formula is C18H28N4O. The SMILES string of the molecule is CC(C)(C)NC(=O)c1cccc(CN=C(N)N2CCCCC2)c1. The lowest BCUT2D eigenvalue weighted by molar-refractivity contribution is 0.0919. The van der Waals surface area contributed by atoms with Gasteiger partial charge >= 0.3 is 0 Å². The van der Waals surface area contributed by atoms with Gasteiger partial charge in [-0.1, -0.05) is 12.1 Å². The van der Waals surface area contributed by atoms with E-state index in [9.17, 15) is 4.79 Å². The van der Waals surface area contributed by atoms with Gasteiger partial charge in [-0.25, -0.2) is 4.99 Å². The second-order valence-corrected chi connectivity index (χ2v) is 7.13. The van der Waals surface area contributed by atoms with Crippen LogP contribution in [-0.2, 0) is 6.54 Å². The molecule has 2 rings (SSSR count). The number of piperidine rings is 1. The predicted octanol–water partition coefficient (Wildman–Crippen LogP) is 2.52. The van der Waals surface area contributed by atoms with Crippen LogP contribution in [-0.4, -0.2) is 35.4 Å². The average Bonchev–Trinajstić information content (AvgIpc) is 2.52. The third-order valence-corrected chi connectivity index (χ3v) is 3.78. The first-order valence-corrected chi connectivity index (χ1v) is 8.31. The summed E-state index contributed by atoms with van der Waals surface area (Å²) in [5.41, 5.74) is 7.48. The Labute approximate surface area is 139 Å². The van der Waals surface area contributed by atoms with Crippen LogP contribution in [0.3, 0.4) is 0 Å². The van der Waals surface area contributed by atoms with Crippen molar-refractivity contribution in [2.75, 3.05) is 13.1 Å². The van der Waals surface area contributed by atoms with Crippen LogP contribution < -0.4 is 11.1 Å². The summed E-state index contributed by atoms with van der Waals surface area (Å²) in [6, 6.07) is 7.57. The average molecular weight is 316 g/mol. The molecule has 1 aromatic carbocycles. The van der Waals surface area contributed by atoms with Gasteiger partial charge in [-0.05, 0) is 57.7 Å². The number of nitrogens with two attached hydrogens (primary N) is 1. The Morgan fingerprint density at radius 1 is 1.26 bits per heavy atom. The number of aliphatic imine (C=N–C) groups is 1. The number of likely N-dealkylation sites (tertiary alicyclic amines) is 1. The molecule has 0 unspecified atom stereocenters. The number of benzene rings is 1. The fraction of sp³-hybridized carbons (Fsp3) is 0.556. The van der Waals surface area contributed by atoms with Crippen LogP contribution in [0.1, 0.15) is 56.0 Å². The molecular weight excluding hydrogens is 288 g/mol. The maximum absolute atomic E-state index is 12.2. The summed E-state index contributed by atoms with van der Waals surface area (Å²) in [5.74, 6) is 0.543. The number of hydrogen-bond donors (Lipinski definition) is 2. The van der Waals surface area contributed by atoms with Gasteiger partial charge in [-0.15, -0.1) is 0 Å². The molecule has 0 radical (unpaired) electrons. The van der Waals surface area contributed by atoms with E-state index in [2.05, 4.69) is 15.2 Å². The van der Waals surface area contributed by atoms with Gasteiger partial charge < -0.3 is 16.0 Å². The molecule has 1 aliphatic rings. The smallest absolute Gasteiger partial charge is 0.251 e. The summed E-state index contributed by atoms with van der Waals surface area (Å²) in [5, 5.41) is 2.97. The lowest BCUT2D eigenvalue weighted by atomic mass is 10.1. The molecule has 5 nitrogen and oxygen atoms in total. The van der Waals surface area contributed by atoms with Crippen LogP contribution in [0.5, 0.6) is 0 Å². The van der Waals surface area contributed by atoms with E-state index in [1.165, 1.54) is 19.3 Å². The van der Waals surface area contributed by atoms with Crippen molar-refractivity contribution in [2.45, 2.75) is 52.1 Å². The standard InChI is InChI=1S/C18H28N4O/c1-18(2,3)21-16(23)15-9-7-8-14(12-15)13-20-17(19)22-10-5-4-6-11-22/h7-9,12H,4-6,10-11,13H2,1-3H3,(H2,19,20)(H,21,23). The van der Waals surface area contributed by atoms with Gasteiger partial charge in [-0.2, -0.15) is 0 Å². The molecule has 3 N–H and O–H groups in total. The molecule has 0 spiro atoms. The fourth-order valence-corrected chi connectivity index (χ4v) is 2.62. The molecule has 23 heavy (non-hydrogen) atoms. The Bertz CT molecular complexity index is 569. The second kappa shape index (κ2) is 7.49. The fourth-order valence-electron chi connectivity index (χ4n) is 2.62. The van der Waals surface area contributed by atoms with Crippen molar-refractivity contribution in [1.29, 1.82) is 0 Å². The molecule has 5 heteroatoms. The van der Waals surface area contributed by atoms with Crippen molar-refractivity contribution in [2.24, 2.45) is 10.7 Å². The Morgan fingerprint density at radius 3 is 2.61 bits per heavy atom. The van der Waals surface area contributed by atoms with E-state index in [0.717, 1.165) is 18.7 Å². The Kier molecular flexibility index (Phi) is 5.64. The van der Waals surface area contributed by atoms with Crippen LogP contribution in [0, 0.1) is 0 Å². The van der Waals surface area contributed by atoms with Crippen LogP contribution in [0.15, 0.2) is 29.3 Å². The van der Waals surface area contributed by atoms with Crippen LogP contribution in [0.25, 0.3) is 0 Å². The van der Waals surface area contributed by atoms with E-state index in [1.807, 2.05) is 45.0 Å². The molecule has 1 aliphatic heterocycles. The lowest BCUT2D eigenvalue weighted by Gasteiger charge is -2.27. The number of nitrogens with zero attached hydrogens (tertiary/aromatic N) is 2. The van der Waals surface area contributed by atoms with E-state index in [4.69, 9.17) is 5.73 Å². The van der Waals surface area contributed by atoms with Crippen molar-refractivity contribution < 1.29 is 4.79 Å². The van der Waals surface area contributed by atoms with Gasteiger partial charge in [0.15, 0.2) is 5.96 Å². The van der Waals surface area contributed by atoms with Crippen molar-refractivity contribution in [3.05, 3.63) is 35.4 Å². The normalized spacial score (nSPS) is 16.3. The number of guanidine groups is 1. The van der Waals surface area contributed by atoms with E-state index < -0.39 is 0 Å². The highest BCUT2D eigenvalue weighted by molar-refractivity contribution is 5.94. The first-order chi connectivity index (χ1) is 10.8. The van der Waals surface area contributed by atoms with Crippen molar-refractivity contribution in [1.82, 2.24) is 10.2 Å². The predicted molar refractivity (Wildman–Crippen MR) is 94.4 cm³/mol. The quantitative estimate of drug-likeness (QED) is 0.665. The number of hydrogen-bond acceptors (Lipinski definition) is 2. The zero-order valence-electron chi connectivity index (χ0n) is 14.4. The van der Waals surface area contributed by atoms with Gasteiger partial charge in [0.05, 0.1) is 6.54 Å². The molecule has 0 aromatic heterocycles. The lowest BCUT2D eigenvalue weighted by Crippen LogP contribution is -2.41.